The number of aromatic hydroxyl groups is 1. The Morgan fingerprint density at radius 1 is 1.50 bits per heavy atom. The Bertz CT molecular complexity index is 511. The van der Waals surface area contributed by atoms with Crippen molar-refractivity contribution in [2.45, 2.75) is 0 Å². The van der Waals surface area contributed by atoms with Gasteiger partial charge in [0.05, 0.1) is 5.56 Å². The van der Waals surface area contributed by atoms with E-state index in [1.807, 2.05) is 6.07 Å². The van der Waals surface area contributed by atoms with Crippen molar-refractivity contribution in [3.05, 3.63) is 34.4 Å². The van der Waals surface area contributed by atoms with E-state index in [-0.39, 0.29) is 11.3 Å². The lowest BCUT2D eigenvalue weighted by Gasteiger charge is -2.04. The van der Waals surface area contributed by atoms with Crippen molar-refractivity contribution in [2.75, 3.05) is 0 Å². The van der Waals surface area contributed by atoms with Gasteiger partial charge in [0.15, 0.2) is 12.0 Å². The fraction of sp³-hybridized carbons (Fsp3) is 0. The van der Waals surface area contributed by atoms with E-state index in [4.69, 9.17) is 0 Å². The van der Waals surface area contributed by atoms with Crippen LogP contribution in [-0.4, -0.2) is 16.4 Å². The van der Waals surface area contributed by atoms with E-state index < -0.39 is 0 Å². The smallest absolute Gasteiger partial charge is 0.153 e. The van der Waals surface area contributed by atoms with Crippen LogP contribution in [0.25, 0.3) is 10.9 Å². The molecule has 0 spiro atoms. The molecule has 0 atom stereocenters. The second-order valence-electron chi connectivity index (χ2n) is 2.81. The lowest BCUT2D eigenvalue weighted by atomic mass is 10.1. The Labute approximate surface area is 88.5 Å². The van der Waals surface area contributed by atoms with Gasteiger partial charge in [-0.25, -0.2) is 0 Å². The molecular weight excluding hydrogens is 246 g/mol. The van der Waals surface area contributed by atoms with Crippen LogP contribution in [0.5, 0.6) is 5.75 Å². The predicted molar refractivity (Wildman–Crippen MR) is 56.5 cm³/mol. The van der Waals surface area contributed by atoms with Gasteiger partial charge in [-0.2, -0.15) is 0 Å². The van der Waals surface area contributed by atoms with Gasteiger partial charge < -0.3 is 5.11 Å². The Kier molecular flexibility index (Phi) is 2.21. The van der Waals surface area contributed by atoms with E-state index in [1.54, 1.807) is 18.3 Å². The highest BCUT2D eigenvalue weighted by Gasteiger charge is 2.09. The van der Waals surface area contributed by atoms with Gasteiger partial charge in [-0.05, 0) is 12.1 Å². The summed E-state index contributed by atoms with van der Waals surface area (Å²) in [7, 11) is 0. The van der Waals surface area contributed by atoms with Gasteiger partial charge in [0.1, 0.15) is 5.52 Å². The quantitative estimate of drug-likeness (QED) is 0.793. The van der Waals surface area contributed by atoms with Crippen molar-refractivity contribution >= 4 is 33.1 Å². The van der Waals surface area contributed by atoms with Gasteiger partial charge >= 0.3 is 0 Å². The normalized spacial score (nSPS) is 10.4. The lowest BCUT2D eigenvalue weighted by molar-refractivity contribution is 0.112. The number of hydrogen-bond donors (Lipinski definition) is 1. The largest absolute Gasteiger partial charge is 0.505 e. The molecule has 1 heterocycles. The molecule has 2 aromatic rings. The molecule has 0 fully saturated rings. The first-order chi connectivity index (χ1) is 6.74. The average Bonchev–Trinajstić information content (AvgIpc) is 2.23. The van der Waals surface area contributed by atoms with Crippen molar-refractivity contribution in [2.24, 2.45) is 0 Å². The monoisotopic (exact) mass is 251 g/mol. The highest BCUT2D eigenvalue weighted by atomic mass is 79.9. The molecule has 0 unspecified atom stereocenters. The van der Waals surface area contributed by atoms with Crippen molar-refractivity contribution in [1.82, 2.24) is 4.98 Å². The van der Waals surface area contributed by atoms with Gasteiger partial charge in [-0.1, -0.05) is 22.0 Å². The molecular formula is C10H6BrNO2. The molecule has 1 aromatic carbocycles. The molecule has 0 saturated carbocycles. The third kappa shape index (κ3) is 1.28. The number of rotatable bonds is 1. The van der Waals surface area contributed by atoms with Crippen LogP contribution >= 0.6 is 15.9 Å². The summed E-state index contributed by atoms with van der Waals surface area (Å²) in [4.78, 5) is 14.6. The fourth-order valence-electron chi connectivity index (χ4n) is 1.30. The molecule has 70 valence electrons. The molecule has 14 heavy (non-hydrogen) atoms. The van der Waals surface area contributed by atoms with Crippen molar-refractivity contribution in [3.63, 3.8) is 0 Å². The van der Waals surface area contributed by atoms with E-state index >= 15 is 0 Å². The van der Waals surface area contributed by atoms with Gasteiger partial charge in [0.25, 0.3) is 0 Å². The van der Waals surface area contributed by atoms with E-state index in [9.17, 15) is 9.90 Å². The SMILES string of the molecule is O=Cc1cc(Br)c2cccnc2c1O. The summed E-state index contributed by atoms with van der Waals surface area (Å²) in [5, 5.41) is 10.4. The number of benzene rings is 1. The summed E-state index contributed by atoms with van der Waals surface area (Å²) in [5.74, 6) is -0.0706. The van der Waals surface area contributed by atoms with Gasteiger partial charge in [-0.3, -0.25) is 9.78 Å². The first-order valence-electron chi connectivity index (χ1n) is 3.95. The van der Waals surface area contributed by atoms with Crippen molar-refractivity contribution < 1.29 is 9.90 Å². The Balaban J connectivity index is 2.94. The molecule has 0 aliphatic rings. The molecule has 0 radical (unpaired) electrons. The minimum atomic E-state index is -0.0706. The second kappa shape index (κ2) is 3.38. The number of nitrogens with zero attached hydrogens (tertiary/aromatic N) is 1. The molecule has 3 nitrogen and oxygen atoms in total. The molecule has 1 aromatic heterocycles. The standard InChI is InChI=1S/C10H6BrNO2/c11-8-4-6(5-13)10(14)9-7(8)2-1-3-12-9/h1-5,14H. The molecule has 0 aliphatic heterocycles. The summed E-state index contributed by atoms with van der Waals surface area (Å²) in [5.41, 5.74) is 0.673. The molecule has 1 N–H and O–H groups in total. The summed E-state index contributed by atoms with van der Waals surface area (Å²) in [6.45, 7) is 0. The number of carbonyl (C=O) groups excluding carboxylic acids is 1. The zero-order chi connectivity index (χ0) is 10.1. The van der Waals surface area contributed by atoms with Gasteiger partial charge in [0.2, 0.25) is 0 Å². The summed E-state index contributed by atoms with van der Waals surface area (Å²) >= 11 is 3.31. The lowest BCUT2D eigenvalue weighted by Crippen LogP contribution is -1.87. The molecule has 0 aliphatic carbocycles. The topological polar surface area (TPSA) is 50.2 Å². The number of pyridine rings is 1. The number of phenolic OH excluding ortho intramolecular Hbond substituents is 1. The van der Waals surface area contributed by atoms with E-state index in [2.05, 4.69) is 20.9 Å². The zero-order valence-corrected chi connectivity index (χ0v) is 8.65. The van der Waals surface area contributed by atoms with Crippen LogP contribution in [0.15, 0.2) is 28.9 Å². The van der Waals surface area contributed by atoms with Crippen LogP contribution in [0.4, 0.5) is 0 Å². The number of aromatic nitrogens is 1. The number of carbonyl (C=O) groups is 1. The summed E-state index contributed by atoms with van der Waals surface area (Å²) in [6, 6.07) is 5.17. The first kappa shape index (κ1) is 9.15. The predicted octanol–water partition coefficient (Wildman–Crippen LogP) is 2.52. The molecule has 0 saturated heterocycles. The average molecular weight is 252 g/mol. The van der Waals surface area contributed by atoms with Crippen molar-refractivity contribution in [1.29, 1.82) is 0 Å². The van der Waals surface area contributed by atoms with Crippen LogP contribution in [0.3, 0.4) is 0 Å². The Hall–Kier alpha value is -1.42. The number of hydrogen-bond acceptors (Lipinski definition) is 3. The van der Waals surface area contributed by atoms with Crippen LogP contribution < -0.4 is 0 Å². The maximum Gasteiger partial charge on any atom is 0.153 e. The van der Waals surface area contributed by atoms with Crippen molar-refractivity contribution in [3.8, 4) is 5.75 Å². The molecule has 0 bridgehead atoms. The third-order valence-electron chi connectivity index (χ3n) is 1.97. The van der Waals surface area contributed by atoms with E-state index in [0.717, 1.165) is 9.86 Å². The fourth-order valence-corrected chi connectivity index (χ4v) is 1.86. The number of fused-ring (bicyclic) bond motifs is 1. The summed E-state index contributed by atoms with van der Waals surface area (Å²) in [6.07, 6.45) is 2.18. The second-order valence-corrected chi connectivity index (χ2v) is 3.67. The van der Waals surface area contributed by atoms with Crippen LogP contribution in [0.1, 0.15) is 10.4 Å². The number of phenols is 1. The van der Waals surface area contributed by atoms with Gasteiger partial charge in [0, 0.05) is 16.1 Å². The number of halogens is 1. The van der Waals surface area contributed by atoms with Gasteiger partial charge in [-0.15, -0.1) is 0 Å². The minimum Gasteiger partial charge on any atom is -0.505 e. The molecule has 4 heteroatoms. The maximum absolute atomic E-state index is 10.6. The van der Waals surface area contributed by atoms with E-state index in [0.29, 0.717) is 11.8 Å². The Morgan fingerprint density at radius 2 is 2.29 bits per heavy atom. The number of aldehydes is 1. The van der Waals surface area contributed by atoms with Crippen LogP contribution in [0.2, 0.25) is 0 Å². The summed E-state index contributed by atoms with van der Waals surface area (Å²) < 4.78 is 0.750. The first-order valence-corrected chi connectivity index (χ1v) is 4.74. The molecule has 2 rings (SSSR count). The highest BCUT2D eigenvalue weighted by molar-refractivity contribution is 9.10. The molecule has 0 amide bonds. The zero-order valence-electron chi connectivity index (χ0n) is 7.07. The maximum atomic E-state index is 10.6. The minimum absolute atomic E-state index is 0.0706. The Morgan fingerprint density at radius 3 is 3.00 bits per heavy atom. The van der Waals surface area contributed by atoms with E-state index in [1.165, 1.54) is 0 Å². The van der Waals surface area contributed by atoms with Crippen LogP contribution in [0, 0.1) is 0 Å². The third-order valence-corrected chi connectivity index (χ3v) is 2.63. The van der Waals surface area contributed by atoms with Crippen LogP contribution in [-0.2, 0) is 0 Å². The highest BCUT2D eigenvalue weighted by Crippen LogP contribution is 2.31.